The fourth-order valence-corrected chi connectivity index (χ4v) is 4.75. The summed E-state index contributed by atoms with van der Waals surface area (Å²) in [5, 5.41) is 2.77. The van der Waals surface area contributed by atoms with Crippen LogP contribution in [0.15, 0.2) is 84.3 Å². The van der Waals surface area contributed by atoms with Crippen LogP contribution < -0.4 is 14.4 Å². The number of anilines is 2. The van der Waals surface area contributed by atoms with Crippen LogP contribution in [-0.2, 0) is 14.8 Å². The van der Waals surface area contributed by atoms with E-state index < -0.39 is 15.9 Å². The molecule has 0 spiro atoms. The quantitative estimate of drug-likeness (QED) is 0.452. The van der Waals surface area contributed by atoms with Gasteiger partial charge in [0.05, 0.1) is 10.6 Å². The van der Waals surface area contributed by atoms with Crippen molar-refractivity contribution in [2.75, 3.05) is 22.8 Å². The van der Waals surface area contributed by atoms with Crippen LogP contribution in [-0.4, -0.2) is 27.5 Å². The number of hydrogen-bond donors (Lipinski definition) is 1. The molecular weight excluding hydrogens is 436 g/mol. The lowest BCUT2D eigenvalue weighted by molar-refractivity contribution is -0.114. The topological polar surface area (TPSA) is 75.7 Å². The summed E-state index contributed by atoms with van der Waals surface area (Å²) in [4.78, 5) is 13.1. The molecule has 6 nitrogen and oxygen atoms in total. The number of carbonyl (C=O) groups excluding carboxylic acids is 1. The van der Waals surface area contributed by atoms with Crippen LogP contribution in [0, 0.1) is 20.8 Å². The molecule has 0 heterocycles. The number of ether oxygens (including phenoxy) is 1. The summed E-state index contributed by atoms with van der Waals surface area (Å²) in [7, 11) is -3.98. The zero-order valence-electron chi connectivity index (χ0n) is 19.0. The van der Waals surface area contributed by atoms with Gasteiger partial charge in [-0.2, -0.15) is 0 Å². The maximum atomic E-state index is 13.6. The highest BCUT2D eigenvalue weighted by Crippen LogP contribution is 2.28. The highest BCUT2D eigenvalue weighted by Gasteiger charge is 2.28. The molecular formula is C26H28N2O4S. The minimum absolute atomic E-state index is 0.127. The zero-order valence-corrected chi connectivity index (χ0v) is 19.9. The molecule has 7 heteroatoms. The third kappa shape index (κ3) is 6.02. The molecule has 3 aromatic carbocycles. The Kier molecular flexibility index (Phi) is 7.55. The van der Waals surface area contributed by atoms with Crippen LogP contribution in [0.3, 0.4) is 0 Å². The average Bonchev–Trinajstić information content (AvgIpc) is 2.78. The first-order valence-corrected chi connectivity index (χ1v) is 11.9. The van der Waals surface area contributed by atoms with Crippen LogP contribution in [0.4, 0.5) is 11.4 Å². The van der Waals surface area contributed by atoms with E-state index in [-0.39, 0.29) is 11.4 Å². The van der Waals surface area contributed by atoms with Crippen molar-refractivity contribution >= 4 is 27.3 Å². The normalized spacial score (nSPS) is 11.0. The Bertz CT molecular complexity index is 1250. The van der Waals surface area contributed by atoms with Gasteiger partial charge < -0.3 is 10.1 Å². The fourth-order valence-electron chi connectivity index (χ4n) is 3.27. The smallest absolute Gasteiger partial charge is 0.264 e. The summed E-state index contributed by atoms with van der Waals surface area (Å²) < 4.78 is 33.8. The Morgan fingerprint density at radius 2 is 1.70 bits per heavy atom. The molecule has 0 saturated carbocycles. The lowest BCUT2D eigenvalue weighted by atomic mass is 10.1. The molecule has 33 heavy (non-hydrogen) atoms. The Hall–Kier alpha value is -3.58. The molecule has 0 saturated heterocycles. The zero-order chi connectivity index (χ0) is 24.0. The largest absolute Gasteiger partial charge is 0.489 e. The molecule has 0 atom stereocenters. The fraction of sp³-hybridized carbons (Fsp3) is 0.192. The van der Waals surface area contributed by atoms with Crippen LogP contribution >= 0.6 is 0 Å². The molecule has 0 aliphatic carbocycles. The van der Waals surface area contributed by atoms with Gasteiger partial charge in [-0.15, -0.1) is 0 Å². The molecule has 0 aliphatic heterocycles. The molecule has 0 fully saturated rings. The van der Waals surface area contributed by atoms with Crippen molar-refractivity contribution in [1.29, 1.82) is 0 Å². The third-order valence-corrected chi connectivity index (χ3v) is 6.79. The molecule has 1 N–H and O–H groups in total. The van der Waals surface area contributed by atoms with Gasteiger partial charge in [-0.05, 0) is 62.2 Å². The van der Waals surface area contributed by atoms with Gasteiger partial charge in [-0.3, -0.25) is 9.10 Å². The first-order valence-electron chi connectivity index (χ1n) is 10.5. The van der Waals surface area contributed by atoms with E-state index in [1.165, 1.54) is 0 Å². The molecule has 0 aliphatic rings. The minimum atomic E-state index is -3.98. The number of carbonyl (C=O) groups is 1. The molecule has 0 aromatic heterocycles. The standard InChI is InChI=1S/C26H28N2O4S/c1-5-15-32-23-8-6-7-22(17-23)27-26(29)18-28(25-16-20(3)9-12-21(25)4)33(30,31)24-13-10-19(2)11-14-24/h5-14,16-17H,1,15,18H2,2-4H3,(H,27,29). The lowest BCUT2D eigenvalue weighted by Crippen LogP contribution is -2.38. The Morgan fingerprint density at radius 1 is 1.00 bits per heavy atom. The van der Waals surface area contributed by atoms with Gasteiger partial charge in [0.15, 0.2) is 0 Å². The summed E-state index contributed by atoms with van der Waals surface area (Å²) >= 11 is 0. The van der Waals surface area contributed by atoms with Crippen molar-refractivity contribution in [3.05, 3.63) is 96.1 Å². The molecule has 0 bridgehead atoms. The number of nitrogens with zero attached hydrogens (tertiary/aromatic N) is 1. The van der Waals surface area contributed by atoms with Crippen molar-refractivity contribution < 1.29 is 17.9 Å². The van der Waals surface area contributed by atoms with Crippen molar-refractivity contribution in [3.63, 3.8) is 0 Å². The number of hydrogen-bond acceptors (Lipinski definition) is 4. The molecule has 3 aromatic rings. The third-order valence-electron chi connectivity index (χ3n) is 5.02. The summed E-state index contributed by atoms with van der Waals surface area (Å²) in [5.41, 5.74) is 3.57. The average molecular weight is 465 g/mol. The maximum absolute atomic E-state index is 13.6. The molecule has 0 radical (unpaired) electrons. The van der Waals surface area contributed by atoms with E-state index in [9.17, 15) is 13.2 Å². The number of benzene rings is 3. The van der Waals surface area contributed by atoms with Crippen molar-refractivity contribution in [3.8, 4) is 5.75 Å². The van der Waals surface area contributed by atoms with Crippen LogP contribution in [0.1, 0.15) is 16.7 Å². The first-order chi connectivity index (χ1) is 15.7. The number of sulfonamides is 1. The number of aryl methyl sites for hydroxylation is 3. The maximum Gasteiger partial charge on any atom is 0.264 e. The number of rotatable bonds is 9. The van der Waals surface area contributed by atoms with Gasteiger partial charge in [-0.25, -0.2) is 8.42 Å². The van der Waals surface area contributed by atoms with Gasteiger partial charge in [0.1, 0.15) is 18.9 Å². The van der Waals surface area contributed by atoms with Crippen LogP contribution in [0.25, 0.3) is 0 Å². The van der Waals surface area contributed by atoms with Crippen LogP contribution in [0.2, 0.25) is 0 Å². The Morgan fingerprint density at radius 3 is 2.39 bits per heavy atom. The summed E-state index contributed by atoms with van der Waals surface area (Å²) in [6.07, 6.45) is 1.63. The second kappa shape index (κ2) is 10.4. The van der Waals surface area contributed by atoms with Gasteiger partial charge in [-0.1, -0.05) is 48.6 Å². The predicted octanol–water partition coefficient (Wildman–Crippen LogP) is 5.01. The number of amides is 1. The Balaban J connectivity index is 1.93. The molecule has 3 rings (SSSR count). The van der Waals surface area contributed by atoms with Gasteiger partial charge in [0, 0.05) is 11.8 Å². The first kappa shape index (κ1) is 24.1. The van der Waals surface area contributed by atoms with Crippen molar-refractivity contribution in [2.24, 2.45) is 0 Å². The minimum Gasteiger partial charge on any atom is -0.489 e. The Labute approximate surface area is 195 Å². The van der Waals surface area contributed by atoms with E-state index in [4.69, 9.17) is 4.74 Å². The van der Waals surface area contributed by atoms with Crippen molar-refractivity contribution in [1.82, 2.24) is 0 Å². The van der Waals surface area contributed by atoms with E-state index in [0.717, 1.165) is 21.0 Å². The highest BCUT2D eigenvalue weighted by atomic mass is 32.2. The van der Waals surface area contributed by atoms with Crippen LogP contribution in [0.5, 0.6) is 5.75 Å². The number of nitrogens with one attached hydrogen (secondary N) is 1. The SMILES string of the molecule is C=CCOc1cccc(NC(=O)CN(c2cc(C)ccc2C)S(=O)(=O)c2ccc(C)cc2)c1. The second-order valence-corrected chi connectivity index (χ2v) is 9.65. The van der Waals surface area contributed by atoms with E-state index in [2.05, 4.69) is 11.9 Å². The van der Waals surface area contributed by atoms with E-state index in [0.29, 0.717) is 23.7 Å². The predicted molar refractivity (Wildman–Crippen MR) is 132 cm³/mol. The second-order valence-electron chi connectivity index (χ2n) is 7.79. The highest BCUT2D eigenvalue weighted by molar-refractivity contribution is 7.92. The van der Waals surface area contributed by atoms with E-state index in [1.807, 2.05) is 32.9 Å². The van der Waals surface area contributed by atoms with Crippen molar-refractivity contribution in [2.45, 2.75) is 25.7 Å². The molecule has 1 amide bonds. The van der Waals surface area contributed by atoms with E-state index >= 15 is 0 Å². The molecule has 172 valence electrons. The summed E-state index contributed by atoms with van der Waals surface area (Å²) in [6.45, 7) is 9.18. The monoisotopic (exact) mass is 464 g/mol. The van der Waals surface area contributed by atoms with Gasteiger partial charge >= 0.3 is 0 Å². The lowest BCUT2D eigenvalue weighted by Gasteiger charge is -2.26. The van der Waals surface area contributed by atoms with Gasteiger partial charge in [0.2, 0.25) is 5.91 Å². The molecule has 0 unspecified atom stereocenters. The summed E-state index contributed by atoms with van der Waals surface area (Å²) in [6, 6.07) is 19.0. The van der Waals surface area contributed by atoms with E-state index in [1.54, 1.807) is 60.7 Å². The van der Waals surface area contributed by atoms with Gasteiger partial charge in [0.25, 0.3) is 10.0 Å². The summed E-state index contributed by atoms with van der Waals surface area (Å²) in [5.74, 6) is 0.110.